The SMILES string of the molecule is COc1ccc(CCC(C)Nc2nc3c(cnn3C(C)(C)C)c(=O)[nH]2)cc1. The highest BCUT2D eigenvalue weighted by Crippen LogP contribution is 2.19. The third-order valence-electron chi connectivity index (χ3n) is 4.48. The molecule has 2 heterocycles. The summed E-state index contributed by atoms with van der Waals surface area (Å²) in [4.78, 5) is 19.8. The van der Waals surface area contributed by atoms with E-state index in [1.165, 1.54) is 5.56 Å². The van der Waals surface area contributed by atoms with Crippen LogP contribution in [-0.2, 0) is 12.0 Å². The number of aromatic amines is 1. The number of anilines is 1. The molecule has 0 aliphatic heterocycles. The van der Waals surface area contributed by atoms with Gasteiger partial charge in [-0.1, -0.05) is 12.1 Å². The molecular formula is C20H27N5O2. The Morgan fingerprint density at radius 3 is 2.59 bits per heavy atom. The number of benzene rings is 1. The third-order valence-corrected chi connectivity index (χ3v) is 4.48. The minimum atomic E-state index is -0.250. The molecule has 0 saturated carbocycles. The van der Waals surface area contributed by atoms with E-state index in [4.69, 9.17) is 4.74 Å². The minimum Gasteiger partial charge on any atom is -0.497 e. The number of hydrogen-bond acceptors (Lipinski definition) is 5. The van der Waals surface area contributed by atoms with Gasteiger partial charge in [-0.15, -0.1) is 0 Å². The minimum absolute atomic E-state index is 0.152. The molecule has 0 amide bonds. The van der Waals surface area contributed by atoms with Crippen LogP contribution >= 0.6 is 0 Å². The summed E-state index contributed by atoms with van der Waals surface area (Å²) in [5.74, 6) is 1.33. The first-order valence-electron chi connectivity index (χ1n) is 9.16. The van der Waals surface area contributed by atoms with Crippen molar-refractivity contribution >= 4 is 17.0 Å². The average molecular weight is 369 g/mol. The van der Waals surface area contributed by atoms with Crippen molar-refractivity contribution in [3.63, 3.8) is 0 Å². The first kappa shape index (κ1) is 18.9. The second-order valence-electron chi connectivity index (χ2n) is 7.81. The van der Waals surface area contributed by atoms with Gasteiger partial charge in [-0.05, 0) is 58.2 Å². The number of nitrogens with zero attached hydrogens (tertiary/aromatic N) is 3. The Kier molecular flexibility index (Phi) is 5.21. The van der Waals surface area contributed by atoms with E-state index in [0.29, 0.717) is 17.0 Å². The molecule has 0 saturated heterocycles. The molecule has 0 aliphatic carbocycles. The van der Waals surface area contributed by atoms with Crippen LogP contribution in [0.15, 0.2) is 35.3 Å². The average Bonchev–Trinajstić information content (AvgIpc) is 3.05. The lowest BCUT2D eigenvalue weighted by Crippen LogP contribution is -2.25. The van der Waals surface area contributed by atoms with Gasteiger partial charge in [0.05, 0.1) is 18.8 Å². The molecule has 0 radical (unpaired) electrons. The van der Waals surface area contributed by atoms with Crippen molar-refractivity contribution in [2.75, 3.05) is 12.4 Å². The largest absolute Gasteiger partial charge is 0.497 e. The van der Waals surface area contributed by atoms with Crippen LogP contribution in [0.25, 0.3) is 11.0 Å². The van der Waals surface area contributed by atoms with Crippen molar-refractivity contribution in [3.8, 4) is 5.75 Å². The van der Waals surface area contributed by atoms with E-state index >= 15 is 0 Å². The zero-order valence-electron chi connectivity index (χ0n) is 16.5. The molecule has 2 N–H and O–H groups in total. The predicted molar refractivity (Wildman–Crippen MR) is 108 cm³/mol. The van der Waals surface area contributed by atoms with Gasteiger partial charge in [0.2, 0.25) is 5.95 Å². The van der Waals surface area contributed by atoms with Crippen molar-refractivity contribution < 1.29 is 4.74 Å². The van der Waals surface area contributed by atoms with Crippen LogP contribution in [0.1, 0.15) is 39.7 Å². The lowest BCUT2D eigenvalue weighted by molar-refractivity contribution is 0.366. The molecule has 3 aromatic rings. The van der Waals surface area contributed by atoms with Gasteiger partial charge >= 0.3 is 0 Å². The molecule has 1 aromatic carbocycles. The summed E-state index contributed by atoms with van der Waals surface area (Å²) >= 11 is 0. The van der Waals surface area contributed by atoms with Crippen LogP contribution in [-0.4, -0.2) is 32.9 Å². The topological polar surface area (TPSA) is 84.8 Å². The summed E-state index contributed by atoms with van der Waals surface area (Å²) in [6, 6.07) is 8.22. The van der Waals surface area contributed by atoms with E-state index in [1.54, 1.807) is 18.0 Å². The van der Waals surface area contributed by atoms with Gasteiger partial charge in [-0.25, -0.2) is 4.68 Å². The Bertz CT molecular complexity index is 967. The molecule has 1 atom stereocenters. The normalized spacial score (nSPS) is 12.9. The van der Waals surface area contributed by atoms with Gasteiger partial charge < -0.3 is 10.1 Å². The maximum atomic E-state index is 12.4. The second kappa shape index (κ2) is 7.42. The third kappa shape index (κ3) is 4.30. The van der Waals surface area contributed by atoms with Crippen LogP contribution in [0.2, 0.25) is 0 Å². The summed E-state index contributed by atoms with van der Waals surface area (Å²) in [5.41, 5.74) is 1.41. The molecule has 3 rings (SSSR count). The van der Waals surface area contributed by atoms with E-state index in [0.717, 1.165) is 18.6 Å². The van der Waals surface area contributed by atoms with Crippen molar-refractivity contribution in [1.82, 2.24) is 19.7 Å². The second-order valence-corrected chi connectivity index (χ2v) is 7.81. The van der Waals surface area contributed by atoms with Crippen LogP contribution < -0.4 is 15.6 Å². The maximum absolute atomic E-state index is 12.4. The number of fused-ring (bicyclic) bond motifs is 1. The van der Waals surface area contributed by atoms with Crippen molar-refractivity contribution in [1.29, 1.82) is 0 Å². The zero-order chi connectivity index (χ0) is 19.6. The Morgan fingerprint density at radius 2 is 1.96 bits per heavy atom. The standard InChI is InChI=1S/C20H27N5O2/c1-13(6-7-14-8-10-15(27-5)11-9-14)22-19-23-17-16(18(26)24-19)12-21-25(17)20(2,3)4/h8-13H,6-7H2,1-5H3,(H2,22,23,24,26). The fraction of sp³-hybridized carbons (Fsp3) is 0.450. The summed E-state index contributed by atoms with van der Waals surface area (Å²) in [5, 5.41) is 8.14. The van der Waals surface area contributed by atoms with Crippen LogP contribution in [0, 0.1) is 0 Å². The number of nitrogens with one attached hydrogen (secondary N) is 2. The highest BCUT2D eigenvalue weighted by atomic mass is 16.5. The summed E-state index contributed by atoms with van der Waals surface area (Å²) in [6.45, 7) is 8.18. The fourth-order valence-electron chi connectivity index (χ4n) is 2.96. The summed E-state index contributed by atoms with van der Waals surface area (Å²) < 4.78 is 6.97. The van der Waals surface area contributed by atoms with Crippen molar-refractivity contribution in [3.05, 3.63) is 46.4 Å². The van der Waals surface area contributed by atoms with Gasteiger partial charge in [0.15, 0.2) is 5.65 Å². The molecule has 0 fully saturated rings. The van der Waals surface area contributed by atoms with Gasteiger partial charge in [-0.2, -0.15) is 10.1 Å². The maximum Gasteiger partial charge on any atom is 0.263 e. The molecule has 27 heavy (non-hydrogen) atoms. The van der Waals surface area contributed by atoms with Crippen LogP contribution in [0.4, 0.5) is 5.95 Å². The van der Waals surface area contributed by atoms with E-state index in [2.05, 4.69) is 39.4 Å². The van der Waals surface area contributed by atoms with Crippen molar-refractivity contribution in [2.45, 2.75) is 52.1 Å². The predicted octanol–water partition coefficient (Wildman–Crippen LogP) is 3.32. The highest BCUT2D eigenvalue weighted by molar-refractivity contribution is 5.74. The molecule has 2 aromatic heterocycles. The van der Waals surface area contributed by atoms with E-state index in [1.807, 2.05) is 32.9 Å². The Balaban J connectivity index is 1.72. The number of H-pyrrole nitrogens is 1. The van der Waals surface area contributed by atoms with E-state index in [-0.39, 0.29) is 17.1 Å². The Morgan fingerprint density at radius 1 is 1.26 bits per heavy atom. The summed E-state index contributed by atoms with van der Waals surface area (Å²) in [6.07, 6.45) is 3.40. The summed E-state index contributed by atoms with van der Waals surface area (Å²) in [7, 11) is 1.66. The van der Waals surface area contributed by atoms with Gasteiger partial charge in [0.1, 0.15) is 11.1 Å². The molecule has 0 bridgehead atoms. The number of aromatic nitrogens is 4. The monoisotopic (exact) mass is 369 g/mol. The van der Waals surface area contributed by atoms with Crippen LogP contribution in [0.5, 0.6) is 5.75 Å². The molecule has 7 heteroatoms. The van der Waals surface area contributed by atoms with E-state index < -0.39 is 0 Å². The number of aryl methyl sites for hydroxylation is 1. The van der Waals surface area contributed by atoms with Gasteiger partial charge in [0.25, 0.3) is 5.56 Å². The first-order chi connectivity index (χ1) is 12.8. The molecule has 0 aliphatic rings. The Hall–Kier alpha value is -2.83. The molecule has 7 nitrogen and oxygen atoms in total. The van der Waals surface area contributed by atoms with Crippen LogP contribution in [0.3, 0.4) is 0 Å². The molecular weight excluding hydrogens is 342 g/mol. The quantitative estimate of drug-likeness (QED) is 0.696. The fourth-order valence-corrected chi connectivity index (χ4v) is 2.96. The lowest BCUT2D eigenvalue weighted by atomic mass is 10.1. The van der Waals surface area contributed by atoms with Gasteiger partial charge in [-0.3, -0.25) is 9.78 Å². The smallest absolute Gasteiger partial charge is 0.263 e. The first-order valence-corrected chi connectivity index (χ1v) is 9.16. The Labute approximate surface area is 158 Å². The zero-order valence-corrected chi connectivity index (χ0v) is 16.5. The number of hydrogen-bond donors (Lipinski definition) is 2. The number of methoxy groups -OCH3 is 1. The van der Waals surface area contributed by atoms with E-state index in [9.17, 15) is 4.79 Å². The number of ether oxygens (including phenoxy) is 1. The lowest BCUT2D eigenvalue weighted by Gasteiger charge is -2.20. The number of rotatable bonds is 6. The molecule has 1 unspecified atom stereocenters. The molecule has 144 valence electrons. The molecule has 0 spiro atoms. The van der Waals surface area contributed by atoms with Crippen molar-refractivity contribution in [2.24, 2.45) is 0 Å². The van der Waals surface area contributed by atoms with Gasteiger partial charge in [0, 0.05) is 6.04 Å². The highest BCUT2D eigenvalue weighted by Gasteiger charge is 2.20.